The molecule has 0 amide bonds. The Kier molecular flexibility index (Phi) is 2.15. The highest BCUT2D eigenvalue weighted by molar-refractivity contribution is 9.10. The Hall–Kier alpha value is -0.240. The third-order valence-electron chi connectivity index (χ3n) is 1.49. The summed E-state index contributed by atoms with van der Waals surface area (Å²) in [5.74, 6) is 1.98. The molecule has 1 heterocycles. The topological polar surface area (TPSA) is 13.1 Å². The molecule has 0 aliphatic heterocycles. The van der Waals surface area contributed by atoms with Crippen LogP contribution in [0.1, 0.15) is 32.3 Å². The van der Waals surface area contributed by atoms with Gasteiger partial charge >= 0.3 is 0 Å². The Morgan fingerprint density at radius 1 is 1.36 bits per heavy atom. The Bertz CT molecular complexity index is 255. The van der Waals surface area contributed by atoms with Gasteiger partial charge in [-0.3, -0.25) is 0 Å². The molecule has 0 aliphatic rings. The standard InChI is InChI=1S/C9H13BrO/c1-6-5-7(10)8(11-6)9(2,3)4/h5H,1-4H3. The first kappa shape index (κ1) is 8.85. The van der Waals surface area contributed by atoms with Gasteiger partial charge in [0.05, 0.1) is 4.47 Å². The Morgan fingerprint density at radius 2 is 1.91 bits per heavy atom. The first-order chi connectivity index (χ1) is 4.91. The third-order valence-corrected chi connectivity index (χ3v) is 2.08. The lowest BCUT2D eigenvalue weighted by atomic mass is 9.94. The average Bonchev–Trinajstić information content (AvgIpc) is 2.08. The summed E-state index contributed by atoms with van der Waals surface area (Å²) in [4.78, 5) is 0. The van der Waals surface area contributed by atoms with Crippen molar-refractivity contribution in [2.45, 2.75) is 33.1 Å². The highest BCUT2D eigenvalue weighted by atomic mass is 79.9. The van der Waals surface area contributed by atoms with Crippen molar-refractivity contribution in [2.75, 3.05) is 0 Å². The first-order valence-electron chi connectivity index (χ1n) is 3.67. The molecule has 0 saturated heterocycles. The normalized spacial score (nSPS) is 12.1. The van der Waals surface area contributed by atoms with E-state index in [1.165, 1.54) is 0 Å². The monoisotopic (exact) mass is 216 g/mol. The smallest absolute Gasteiger partial charge is 0.123 e. The van der Waals surface area contributed by atoms with E-state index in [0.29, 0.717) is 0 Å². The number of hydrogen-bond donors (Lipinski definition) is 0. The van der Waals surface area contributed by atoms with Gasteiger partial charge in [0.15, 0.2) is 0 Å². The van der Waals surface area contributed by atoms with Crippen molar-refractivity contribution in [1.82, 2.24) is 0 Å². The summed E-state index contributed by atoms with van der Waals surface area (Å²) in [6.07, 6.45) is 0. The van der Waals surface area contributed by atoms with Crippen LogP contribution in [0.15, 0.2) is 15.0 Å². The molecule has 0 bridgehead atoms. The van der Waals surface area contributed by atoms with Crippen LogP contribution in [0.25, 0.3) is 0 Å². The molecule has 0 unspecified atom stereocenters. The van der Waals surface area contributed by atoms with Gasteiger partial charge in [-0.25, -0.2) is 0 Å². The van der Waals surface area contributed by atoms with Gasteiger partial charge in [0, 0.05) is 5.41 Å². The highest BCUT2D eigenvalue weighted by Crippen LogP contribution is 2.31. The van der Waals surface area contributed by atoms with Crippen LogP contribution < -0.4 is 0 Å². The van der Waals surface area contributed by atoms with E-state index in [0.717, 1.165) is 16.0 Å². The zero-order chi connectivity index (χ0) is 8.65. The van der Waals surface area contributed by atoms with Gasteiger partial charge in [-0.15, -0.1) is 0 Å². The highest BCUT2D eigenvalue weighted by Gasteiger charge is 2.21. The van der Waals surface area contributed by atoms with Crippen LogP contribution in [0.2, 0.25) is 0 Å². The maximum absolute atomic E-state index is 5.53. The minimum Gasteiger partial charge on any atom is -0.465 e. The molecule has 1 aromatic heterocycles. The molecule has 0 aliphatic carbocycles. The second kappa shape index (κ2) is 2.67. The molecule has 1 nitrogen and oxygen atoms in total. The van der Waals surface area contributed by atoms with E-state index < -0.39 is 0 Å². The van der Waals surface area contributed by atoms with E-state index in [9.17, 15) is 0 Å². The van der Waals surface area contributed by atoms with Gasteiger partial charge in [0.2, 0.25) is 0 Å². The maximum Gasteiger partial charge on any atom is 0.123 e. The molecule has 1 aromatic rings. The van der Waals surface area contributed by atoms with Crippen LogP contribution in [0.3, 0.4) is 0 Å². The average molecular weight is 217 g/mol. The van der Waals surface area contributed by atoms with Crippen molar-refractivity contribution < 1.29 is 4.42 Å². The van der Waals surface area contributed by atoms with Crippen LogP contribution in [0, 0.1) is 6.92 Å². The van der Waals surface area contributed by atoms with Crippen molar-refractivity contribution in [1.29, 1.82) is 0 Å². The SMILES string of the molecule is Cc1cc(Br)c(C(C)(C)C)o1. The van der Waals surface area contributed by atoms with Crippen LogP contribution in [0.5, 0.6) is 0 Å². The predicted molar refractivity (Wildman–Crippen MR) is 49.8 cm³/mol. The molecule has 0 aromatic carbocycles. The first-order valence-corrected chi connectivity index (χ1v) is 4.47. The van der Waals surface area contributed by atoms with Gasteiger partial charge in [-0.2, -0.15) is 0 Å². The second-order valence-corrected chi connectivity index (χ2v) is 4.64. The molecular formula is C9H13BrO. The van der Waals surface area contributed by atoms with Gasteiger partial charge < -0.3 is 4.42 Å². The van der Waals surface area contributed by atoms with Crippen LogP contribution >= 0.6 is 15.9 Å². The quantitative estimate of drug-likeness (QED) is 0.646. The lowest BCUT2D eigenvalue weighted by Crippen LogP contribution is -2.09. The van der Waals surface area contributed by atoms with E-state index in [1.54, 1.807) is 0 Å². The molecule has 0 atom stereocenters. The van der Waals surface area contributed by atoms with Crippen molar-refractivity contribution in [2.24, 2.45) is 0 Å². The van der Waals surface area contributed by atoms with Gasteiger partial charge in [0.25, 0.3) is 0 Å². The Morgan fingerprint density at radius 3 is 2.09 bits per heavy atom. The zero-order valence-electron chi connectivity index (χ0n) is 7.36. The van der Waals surface area contributed by atoms with E-state index in [4.69, 9.17) is 4.42 Å². The number of aryl methyl sites for hydroxylation is 1. The van der Waals surface area contributed by atoms with Crippen LogP contribution in [-0.2, 0) is 5.41 Å². The van der Waals surface area contributed by atoms with E-state index in [2.05, 4.69) is 36.7 Å². The third kappa shape index (κ3) is 1.86. The molecule has 0 saturated carbocycles. The molecule has 62 valence electrons. The fourth-order valence-corrected chi connectivity index (χ4v) is 1.99. The lowest BCUT2D eigenvalue weighted by Gasteiger charge is -2.15. The molecule has 2 heteroatoms. The lowest BCUT2D eigenvalue weighted by molar-refractivity contribution is 0.393. The maximum atomic E-state index is 5.53. The summed E-state index contributed by atoms with van der Waals surface area (Å²) in [5, 5.41) is 0. The fourth-order valence-electron chi connectivity index (χ4n) is 0.995. The molecule has 11 heavy (non-hydrogen) atoms. The van der Waals surface area contributed by atoms with Crippen molar-refractivity contribution in [3.63, 3.8) is 0 Å². The Balaban J connectivity index is 3.13. The van der Waals surface area contributed by atoms with E-state index in [1.807, 2.05) is 13.0 Å². The number of furan rings is 1. The summed E-state index contributed by atoms with van der Waals surface area (Å²) in [6.45, 7) is 8.36. The predicted octanol–water partition coefficient (Wildman–Crippen LogP) is 3.65. The van der Waals surface area contributed by atoms with Crippen molar-refractivity contribution >= 4 is 15.9 Å². The molecular weight excluding hydrogens is 204 g/mol. The van der Waals surface area contributed by atoms with E-state index in [-0.39, 0.29) is 5.41 Å². The minimum absolute atomic E-state index is 0.0904. The summed E-state index contributed by atoms with van der Waals surface area (Å²) < 4.78 is 6.60. The van der Waals surface area contributed by atoms with E-state index >= 15 is 0 Å². The second-order valence-electron chi connectivity index (χ2n) is 3.78. The molecule has 0 N–H and O–H groups in total. The van der Waals surface area contributed by atoms with Crippen molar-refractivity contribution in [3.8, 4) is 0 Å². The fraction of sp³-hybridized carbons (Fsp3) is 0.556. The summed E-state index contributed by atoms with van der Waals surface area (Å²) in [5.41, 5.74) is 0.0904. The zero-order valence-corrected chi connectivity index (χ0v) is 8.95. The van der Waals surface area contributed by atoms with Crippen LogP contribution in [0.4, 0.5) is 0 Å². The molecule has 0 spiro atoms. The number of rotatable bonds is 0. The number of hydrogen-bond acceptors (Lipinski definition) is 1. The van der Waals surface area contributed by atoms with Crippen molar-refractivity contribution in [3.05, 3.63) is 22.1 Å². The van der Waals surface area contributed by atoms with Gasteiger partial charge in [-0.05, 0) is 28.9 Å². The number of halogens is 1. The summed E-state index contributed by atoms with van der Waals surface area (Å²) in [6, 6.07) is 2.00. The van der Waals surface area contributed by atoms with Gasteiger partial charge in [-0.1, -0.05) is 20.8 Å². The summed E-state index contributed by atoms with van der Waals surface area (Å²) in [7, 11) is 0. The minimum atomic E-state index is 0.0904. The largest absolute Gasteiger partial charge is 0.465 e. The molecule has 1 rings (SSSR count). The van der Waals surface area contributed by atoms with Gasteiger partial charge in [0.1, 0.15) is 11.5 Å². The van der Waals surface area contributed by atoms with Crippen LogP contribution in [-0.4, -0.2) is 0 Å². The Labute approximate surface area is 75.9 Å². The molecule has 0 radical (unpaired) electrons. The molecule has 0 fully saturated rings. The summed E-state index contributed by atoms with van der Waals surface area (Å²) >= 11 is 3.46.